The number of ether oxygens (including phenoxy) is 2. The second kappa shape index (κ2) is 7.52. The van der Waals surface area contributed by atoms with E-state index in [2.05, 4.69) is 11.1 Å². The second-order valence-corrected chi connectivity index (χ2v) is 7.00. The first-order valence-electron chi connectivity index (χ1n) is 8.30. The minimum atomic E-state index is -0.580. The number of carbonyl (C=O) groups is 1. The minimum Gasteiger partial charge on any atom is -0.497 e. The SMILES string of the molecule is COc1ccc2nc(C)c(C(CCC#N)C(=O)OC(C)(C)C)cc2c1. The Morgan fingerprint density at radius 1 is 1.32 bits per heavy atom. The summed E-state index contributed by atoms with van der Waals surface area (Å²) >= 11 is 0. The van der Waals surface area contributed by atoms with Gasteiger partial charge >= 0.3 is 5.97 Å². The summed E-state index contributed by atoms with van der Waals surface area (Å²) in [6.07, 6.45) is 0.683. The molecule has 0 aliphatic rings. The smallest absolute Gasteiger partial charge is 0.314 e. The molecule has 0 amide bonds. The van der Waals surface area contributed by atoms with Crippen LogP contribution in [-0.4, -0.2) is 23.7 Å². The quantitative estimate of drug-likeness (QED) is 0.760. The number of aryl methyl sites for hydroxylation is 1. The Balaban J connectivity index is 2.49. The summed E-state index contributed by atoms with van der Waals surface area (Å²) in [5.74, 6) is -0.105. The monoisotopic (exact) mass is 340 g/mol. The van der Waals surface area contributed by atoms with Crippen molar-refractivity contribution in [3.63, 3.8) is 0 Å². The molecule has 0 bridgehead atoms. The van der Waals surface area contributed by atoms with Crippen LogP contribution in [0, 0.1) is 18.3 Å². The van der Waals surface area contributed by atoms with Crippen LogP contribution in [-0.2, 0) is 9.53 Å². The molecule has 1 aromatic heterocycles. The highest BCUT2D eigenvalue weighted by Crippen LogP contribution is 2.30. The number of pyridine rings is 1. The molecule has 0 fully saturated rings. The number of carbonyl (C=O) groups excluding carboxylic acids is 1. The van der Waals surface area contributed by atoms with E-state index in [4.69, 9.17) is 14.7 Å². The third-order valence-electron chi connectivity index (χ3n) is 3.86. The number of nitrogens with zero attached hydrogens (tertiary/aromatic N) is 2. The fourth-order valence-electron chi connectivity index (χ4n) is 2.73. The zero-order chi connectivity index (χ0) is 18.6. The molecule has 0 aliphatic heterocycles. The lowest BCUT2D eigenvalue weighted by molar-refractivity contribution is -0.156. The zero-order valence-electron chi connectivity index (χ0n) is 15.4. The first-order chi connectivity index (χ1) is 11.7. The van der Waals surface area contributed by atoms with Gasteiger partial charge in [0.25, 0.3) is 0 Å². The van der Waals surface area contributed by atoms with Crippen LogP contribution in [0.4, 0.5) is 0 Å². The van der Waals surface area contributed by atoms with Gasteiger partial charge in [-0.25, -0.2) is 0 Å². The highest BCUT2D eigenvalue weighted by Gasteiger charge is 2.28. The summed E-state index contributed by atoms with van der Waals surface area (Å²) < 4.78 is 10.8. The molecule has 1 unspecified atom stereocenters. The van der Waals surface area contributed by atoms with Gasteiger partial charge in [0.2, 0.25) is 0 Å². The predicted molar refractivity (Wildman–Crippen MR) is 96.5 cm³/mol. The fraction of sp³-hybridized carbons (Fsp3) is 0.450. The van der Waals surface area contributed by atoms with E-state index >= 15 is 0 Å². The number of hydrogen-bond acceptors (Lipinski definition) is 5. The van der Waals surface area contributed by atoms with Gasteiger partial charge in [-0.05, 0) is 63.9 Å². The molecule has 1 aromatic carbocycles. The Hall–Kier alpha value is -2.61. The van der Waals surface area contributed by atoms with Crippen LogP contribution in [0.5, 0.6) is 5.75 Å². The average molecular weight is 340 g/mol. The molecule has 5 heteroatoms. The maximum Gasteiger partial charge on any atom is 0.314 e. The van der Waals surface area contributed by atoms with Crippen LogP contribution in [0.15, 0.2) is 24.3 Å². The maximum absolute atomic E-state index is 12.7. The van der Waals surface area contributed by atoms with Crippen molar-refractivity contribution in [3.05, 3.63) is 35.5 Å². The number of benzene rings is 1. The Morgan fingerprint density at radius 3 is 2.64 bits per heavy atom. The number of hydrogen-bond donors (Lipinski definition) is 0. The third-order valence-corrected chi connectivity index (χ3v) is 3.86. The molecule has 0 saturated heterocycles. The van der Waals surface area contributed by atoms with Crippen molar-refractivity contribution in [1.29, 1.82) is 5.26 Å². The highest BCUT2D eigenvalue weighted by molar-refractivity contribution is 5.85. The van der Waals surface area contributed by atoms with Crippen molar-refractivity contribution in [2.75, 3.05) is 7.11 Å². The lowest BCUT2D eigenvalue weighted by atomic mass is 9.92. The van der Waals surface area contributed by atoms with E-state index in [0.29, 0.717) is 6.42 Å². The largest absolute Gasteiger partial charge is 0.497 e. The molecule has 0 radical (unpaired) electrons. The first kappa shape index (κ1) is 18.7. The molecule has 1 atom stereocenters. The molecule has 132 valence electrons. The van der Waals surface area contributed by atoms with Gasteiger partial charge in [0.05, 0.1) is 24.6 Å². The number of rotatable bonds is 5. The molecule has 0 N–H and O–H groups in total. The zero-order valence-corrected chi connectivity index (χ0v) is 15.4. The molecular weight excluding hydrogens is 316 g/mol. The van der Waals surface area contributed by atoms with E-state index in [1.807, 2.05) is 52.0 Å². The molecule has 25 heavy (non-hydrogen) atoms. The number of nitriles is 1. The van der Waals surface area contributed by atoms with E-state index in [1.165, 1.54) is 0 Å². The summed E-state index contributed by atoms with van der Waals surface area (Å²) in [6.45, 7) is 7.39. The van der Waals surface area contributed by atoms with Gasteiger partial charge in [-0.2, -0.15) is 5.26 Å². The van der Waals surface area contributed by atoms with E-state index in [1.54, 1.807) is 7.11 Å². The van der Waals surface area contributed by atoms with E-state index in [0.717, 1.165) is 27.9 Å². The third kappa shape index (κ3) is 4.69. The van der Waals surface area contributed by atoms with Crippen molar-refractivity contribution < 1.29 is 14.3 Å². The van der Waals surface area contributed by atoms with Crippen LogP contribution in [0.1, 0.15) is 50.8 Å². The highest BCUT2D eigenvalue weighted by atomic mass is 16.6. The van der Waals surface area contributed by atoms with Gasteiger partial charge in [-0.3, -0.25) is 9.78 Å². The Kier molecular flexibility index (Phi) is 5.63. The van der Waals surface area contributed by atoms with Gasteiger partial charge in [0.15, 0.2) is 0 Å². The van der Waals surface area contributed by atoms with Crippen LogP contribution in [0.25, 0.3) is 10.9 Å². The van der Waals surface area contributed by atoms with E-state index in [9.17, 15) is 4.79 Å². The standard InChI is InChI=1S/C20H24N2O3/c1-13-17(12-14-11-15(24-5)8-9-18(14)22-13)16(7-6-10-21)19(23)25-20(2,3)4/h8-9,11-12,16H,6-7H2,1-5H3. The predicted octanol–water partition coefficient (Wildman–Crippen LogP) is 4.28. The van der Waals surface area contributed by atoms with Gasteiger partial charge in [0, 0.05) is 17.5 Å². The van der Waals surface area contributed by atoms with Gasteiger partial charge < -0.3 is 9.47 Å². The molecule has 0 spiro atoms. The van der Waals surface area contributed by atoms with Crippen LogP contribution < -0.4 is 4.74 Å². The molecule has 0 saturated carbocycles. The summed E-state index contributed by atoms with van der Waals surface area (Å²) in [5.41, 5.74) is 1.82. The van der Waals surface area contributed by atoms with Crippen molar-refractivity contribution in [1.82, 2.24) is 4.98 Å². The normalized spacial score (nSPS) is 12.5. The van der Waals surface area contributed by atoms with Crippen LogP contribution in [0.2, 0.25) is 0 Å². The van der Waals surface area contributed by atoms with Crippen molar-refractivity contribution >= 4 is 16.9 Å². The Labute approximate surface area is 148 Å². The lowest BCUT2D eigenvalue weighted by Gasteiger charge is -2.24. The molecule has 1 heterocycles. The molecule has 2 rings (SSSR count). The summed E-state index contributed by atoms with van der Waals surface area (Å²) in [6, 6.07) is 9.70. The van der Waals surface area contributed by atoms with E-state index < -0.39 is 11.5 Å². The topological polar surface area (TPSA) is 72.2 Å². The summed E-state index contributed by atoms with van der Waals surface area (Å²) in [7, 11) is 1.61. The number of methoxy groups -OCH3 is 1. The van der Waals surface area contributed by atoms with Gasteiger partial charge in [-0.1, -0.05) is 0 Å². The fourth-order valence-corrected chi connectivity index (χ4v) is 2.73. The second-order valence-electron chi connectivity index (χ2n) is 7.00. The molecule has 2 aromatic rings. The number of fused-ring (bicyclic) bond motifs is 1. The first-order valence-corrected chi connectivity index (χ1v) is 8.30. The molecule has 5 nitrogen and oxygen atoms in total. The Bertz CT molecular complexity index is 816. The minimum absolute atomic E-state index is 0.277. The average Bonchev–Trinajstić information content (AvgIpc) is 2.53. The maximum atomic E-state index is 12.7. The molecule has 0 aliphatic carbocycles. The van der Waals surface area contributed by atoms with Crippen LogP contribution in [0.3, 0.4) is 0 Å². The summed E-state index contributed by atoms with van der Waals surface area (Å²) in [4.78, 5) is 17.3. The van der Waals surface area contributed by atoms with E-state index in [-0.39, 0.29) is 12.4 Å². The lowest BCUT2D eigenvalue weighted by Crippen LogP contribution is -2.28. The van der Waals surface area contributed by atoms with Crippen molar-refractivity contribution in [2.24, 2.45) is 0 Å². The Morgan fingerprint density at radius 2 is 2.04 bits per heavy atom. The molecular formula is C20H24N2O3. The van der Waals surface area contributed by atoms with Crippen molar-refractivity contribution in [3.8, 4) is 11.8 Å². The number of aromatic nitrogens is 1. The summed E-state index contributed by atoms with van der Waals surface area (Å²) in [5, 5.41) is 9.85. The van der Waals surface area contributed by atoms with Crippen LogP contribution >= 0.6 is 0 Å². The van der Waals surface area contributed by atoms with Crippen molar-refractivity contribution in [2.45, 2.75) is 52.1 Å². The van der Waals surface area contributed by atoms with Gasteiger partial charge in [0.1, 0.15) is 11.4 Å². The number of esters is 1. The van der Waals surface area contributed by atoms with Gasteiger partial charge in [-0.15, -0.1) is 0 Å².